The van der Waals surface area contributed by atoms with Gasteiger partial charge in [-0.2, -0.15) is 31.4 Å². The van der Waals surface area contributed by atoms with Gasteiger partial charge in [0.2, 0.25) is 5.91 Å². The standard InChI is InChI=1S/C29H30F6N6O3/c1-4-5-14-38(2)17-23(42)39(3)19-9-11-20(12-10-19)40-15-13-22-24(26(40)43)41(37-25(22)28(30,31)32)21-8-6-7-18(16-21)36-27(44)29(33,34)35/h6-12,16H,4-5,13-15,17H2,1-3H3,(H,36,44). The van der Waals surface area contributed by atoms with Crippen LogP contribution in [0.15, 0.2) is 48.5 Å². The molecule has 3 aromatic rings. The van der Waals surface area contributed by atoms with Gasteiger partial charge in [0.05, 0.1) is 12.2 Å². The monoisotopic (exact) mass is 624 g/mol. The Bertz CT molecular complexity index is 1530. The summed E-state index contributed by atoms with van der Waals surface area (Å²) in [6.07, 6.45) is -8.36. The molecule has 0 atom stereocenters. The molecule has 0 saturated carbocycles. The number of benzene rings is 2. The molecule has 0 fully saturated rings. The minimum Gasteiger partial charge on any atom is -0.318 e. The Balaban J connectivity index is 1.63. The van der Waals surface area contributed by atoms with Crippen LogP contribution in [0.3, 0.4) is 0 Å². The van der Waals surface area contributed by atoms with Crippen molar-refractivity contribution >= 4 is 34.8 Å². The summed E-state index contributed by atoms with van der Waals surface area (Å²) >= 11 is 0. The first kappa shape index (κ1) is 32.5. The molecule has 0 unspecified atom stereocenters. The number of unbranched alkanes of at least 4 members (excludes halogenated alkanes) is 1. The molecule has 236 valence electrons. The van der Waals surface area contributed by atoms with Crippen LogP contribution in [0.1, 0.15) is 41.5 Å². The van der Waals surface area contributed by atoms with Crippen molar-refractivity contribution in [2.24, 2.45) is 0 Å². The average molecular weight is 625 g/mol. The van der Waals surface area contributed by atoms with E-state index in [2.05, 4.69) is 12.0 Å². The smallest absolute Gasteiger partial charge is 0.318 e. The minimum atomic E-state index is -5.19. The second kappa shape index (κ2) is 12.7. The molecular weight excluding hydrogens is 594 g/mol. The number of hydrogen-bond donors (Lipinski definition) is 1. The third-order valence-electron chi connectivity index (χ3n) is 7.11. The zero-order valence-corrected chi connectivity index (χ0v) is 24.1. The fraction of sp³-hybridized carbons (Fsp3) is 0.379. The van der Waals surface area contributed by atoms with Gasteiger partial charge < -0.3 is 15.1 Å². The maximum atomic E-state index is 13.9. The molecule has 0 aliphatic carbocycles. The van der Waals surface area contributed by atoms with Crippen LogP contribution in [0.2, 0.25) is 0 Å². The Morgan fingerprint density at radius 2 is 1.68 bits per heavy atom. The Morgan fingerprint density at radius 1 is 1.00 bits per heavy atom. The summed E-state index contributed by atoms with van der Waals surface area (Å²) < 4.78 is 80.8. The molecule has 1 aliphatic rings. The van der Waals surface area contributed by atoms with Crippen LogP contribution in [0.5, 0.6) is 0 Å². The maximum absolute atomic E-state index is 13.9. The lowest BCUT2D eigenvalue weighted by molar-refractivity contribution is -0.167. The molecule has 1 aliphatic heterocycles. The first-order valence-electron chi connectivity index (χ1n) is 13.7. The number of nitrogens with zero attached hydrogens (tertiary/aromatic N) is 5. The van der Waals surface area contributed by atoms with Crippen LogP contribution in [0.4, 0.5) is 43.4 Å². The summed E-state index contributed by atoms with van der Waals surface area (Å²) in [5.41, 5.74) is -1.65. The summed E-state index contributed by atoms with van der Waals surface area (Å²) in [4.78, 5) is 42.5. The number of carbonyl (C=O) groups is 3. The second-order valence-corrected chi connectivity index (χ2v) is 10.4. The highest BCUT2D eigenvalue weighted by atomic mass is 19.4. The highest BCUT2D eigenvalue weighted by Gasteiger charge is 2.43. The van der Waals surface area contributed by atoms with Crippen molar-refractivity contribution < 1.29 is 40.7 Å². The minimum absolute atomic E-state index is 0.0986. The van der Waals surface area contributed by atoms with E-state index in [0.717, 1.165) is 36.2 Å². The van der Waals surface area contributed by atoms with Crippen molar-refractivity contribution in [2.75, 3.05) is 48.8 Å². The van der Waals surface area contributed by atoms with E-state index in [9.17, 15) is 40.7 Å². The Labute approximate surface area is 249 Å². The van der Waals surface area contributed by atoms with Crippen LogP contribution in [-0.4, -0.2) is 72.3 Å². The summed E-state index contributed by atoms with van der Waals surface area (Å²) in [5, 5.41) is 5.28. The first-order chi connectivity index (χ1) is 20.6. The third-order valence-corrected chi connectivity index (χ3v) is 7.11. The topological polar surface area (TPSA) is 90.8 Å². The molecule has 1 aromatic heterocycles. The molecule has 2 heterocycles. The van der Waals surface area contributed by atoms with Crippen LogP contribution in [0, 0.1) is 0 Å². The van der Waals surface area contributed by atoms with Gasteiger partial charge in [-0.3, -0.25) is 19.3 Å². The number of amides is 3. The quantitative estimate of drug-likeness (QED) is 0.327. The molecule has 0 spiro atoms. The highest BCUT2D eigenvalue weighted by molar-refractivity contribution is 6.08. The summed E-state index contributed by atoms with van der Waals surface area (Å²) in [5.74, 6) is -3.23. The van der Waals surface area contributed by atoms with Gasteiger partial charge in [0, 0.05) is 36.2 Å². The molecule has 3 amide bonds. The van der Waals surface area contributed by atoms with Gasteiger partial charge in [-0.1, -0.05) is 19.4 Å². The molecule has 9 nitrogen and oxygen atoms in total. The van der Waals surface area contributed by atoms with Crippen molar-refractivity contribution in [2.45, 2.75) is 38.5 Å². The molecule has 0 saturated heterocycles. The first-order valence-corrected chi connectivity index (χ1v) is 13.7. The van der Waals surface area contributed by atoms with Gasteiger partial charge >= 0.3 is 18.3 Å². The van der Waals surface area contributed by atoms with E-state index >= 15 is 0 Å². The predicted molar refractivity (Wildman–Crippen MR) is 151 cm³/mol. The number of fused-ring (bicyclic) bond motifs is 1. The Hall–Kier alpha value is -4.40. The van der Waals surface area contributed by atoms with Crippen molar-refractivity contribution in [1.29, 1.82) is 0 Å². The normalized spacial score (nSPS) is 13.7. The largest absolute Gasteiger partial charge is 0.471 e. The van der Waals surface area contributed by atoms with E-state index in [0.29, 0.717) is 11.4 Å². The zero-order chi connectivity index (χ0) is 32.4. The van der Waals surface area contributed by atoms with Gasteiger partial charge in [-0.25, -0.2) is 4.68 Å². The fourth-order valence-corrected chi connectivity index (χ4v) is 4.78. The van der Waals surface area contributed by atoms with Crippen molar-refractivity contribution in [1.82, 2.24) is 14.7 Å². The number of aromatic nitrogens is 2. The van der Waals surface area contributed by atoms with Gasteiger partial charge in [0.15, 0.2) is 5.69 Å². The molecule has 15 heteroatoms. The zero-order valence-electron chi connectivity index (χ0n) is 24.1. The van der Waals surface area contributed by atoms with Crippen molar-refractivity contribution in [3.63, 3.8) is 0 Å². The summed E-state index contributed by atoms with van der Waals surface area (Å²) in [7, 11) is 3.47. The van der Waals surface area contributed by atoms with E-state index in [1.807, 2.05) is 11.9 Å². The lowest BCUT2D eigenvalue weighted by atomic mass is 10.0. The van der Waals surface area contributed by atoms with Crippen molar-refractivity contribution in [3.8, 4) is 5.69 Å². The van der Waals surface area contributed by atoms with E-state index < -0.39 is 35.6 Å². The molecule has 1 N–H and O–H groups in total. The van der Waals surface area contributed by atoms with Crippen LogP contribution >= 0.6 is 0 Å². The van der Waals surface area contributed by atoms with Gasteiger partial charge in [-0.05, 0) is 68.9 Å². The lowest BCUT2D eigenvalue weighted by Crippen LogP contribution is -2.39. The molecule has 0 bridgehead atoms. The van der Waals surface area contributed by atoms with Crippen LogP contribution < -0.4 is 15.1 Å². The van der Waals surface area contributed by atoms with E-state index in [1.165, 1.54) is 21.9 Å². The van der Waals surface area contributed by atoms with E-state index in [-0.39, 0.29) is 42.4 Å². The molecule has 2 aromatic carbocycles. The van der Waals surface area contributed by atoms with E-state index in [1.54, 1.807) is 36.6 Å². The number of likely N-dealkylation sites (N-methyl/N-ethyl adjacent to an activating group) is 2. The van der Waals surface area contributed by atoms with Gasteiger partial charge in [-0.15, -0.1) is 0 Å². The molecule has 4 rings (SSSR count). The number of nitrogens with one attached hydrogen (secondary N) is 1. The number of halogens is 6. The number of rotatable bonds is 9. The molecule has 0 radical (unpaired) electrons. The predicted octanol–water partition coefficient (Wildman–Crippen LogP) is 5.29. The third kappa shape index (κ3) is 7.04. The highest BCUT2D eigenvalue weighted by Crippen LogP contribution is 2.37. The Morgan fingerprint density at radius 3 is 2.30 bits per heavy atom. The molecular formula is C29H30F6N6O3. The van der Waals surface area contributed by atoms with Crippen LogP contribution in [-0.2, 0) is 22.2 Å². The SMILES string of the molecule is CCCCN(C)CC(=O)N(C)c1ccc(N2CCc3c(C(F)(F)F)nn(-c4cccc(NC(=O)C(F)(F)F)c4)c3C2=O)cc1. The van der Waals surface area contributed by atoms with E-state index in [4.69, 9.17) is 0 Å². The number of carbonyl (C=O) groups excluding carboxylic acids is 3. The summed E-state index contributed by atoms with van der Waals surface area (Å²) in [6.45, 7) is 2.94. The number of anilines is 3. The Kier molecular flexibility index (Phi) is 9.37. The van der Waals surface area contributed by atoms with Gasteiger partial charge in [0.25, 0.3) is 5.91 Å². The summed E-state index contributed by atoms with van der Waals surface area (Å²) in [6, 6.07) is 11.0. The van der Waals surface area contributed by atoms with Crippen LogP contribution in [0.25, 0.3) is 5.69 Å². The fourth-order valence-electron chi connectivity index (χ4n) is 4.78. The second-order valence-electron chi connectivity index (χ2n) is 10.4. The molecule has 44 heavy (non-hydrogen) atoms. The average Bonchev–Trinajstić information content (AvgIpc) is 3.37. The number of hydrogen-bond acceptors (Lipinski definition) is 5. The van der Waals surface area contributed by atoms with Crippen molar-refractivity contribution in [3.05, 3.63) is 65.5 Å². The van der Waals surface area contributed by atoms with Gasteiger partial charge in [0.1, 0.15) is 5.69 Å². The number of alkyl halides is 6. The maximum Gasteiger partial charge on any atom is 0.471 e. The lowest BCUT2D eigenvalue weighted by Gasteiger charge is -2.28.